The van der Waals surface area contributed by atoms with Gasteiger partial charge in [-0.05, 0) is 36.1 Å². The van der Waals surface area contributed by atoms with Gasteiger partial charge < -0.3 is 15.3 Å². The molecule has 0 bridgehead atoms. The van der Waals surface area contributed by atoms with Crippen LogP contribution in [0.25, 0.3) is 5.69 Å². The first-order chi connectivity index (χ1) is 12.0. The van der Waals surface area contributed by atoms with Crippen LogP contribution >= 0.6 is 0 Å². The number of urea groups is 1. The number of likely N-dealkylation sites (tertiary alicyclic amines) is 1. The number of aromatic nitrogens is 2. The number of hydrogen-bond acceptors (Lipinski definition) is 3. The maximum Gasteiger partial charge on any atom is 0.317 e. The molecule has 1 saturated heterocycles. The minimum absolute atomic E-state index is 0.189. The van der Waals surface area contributed by atoms with Crippen LogP contribution in [0.3, 0.4) is 0 Å². The molecular formula is C18H22N4O3. The normalized spacial score (nSPS) is 20.3. The van der Waals surface area contributed by atoms with E-state index < -0.39 is 11.9 Å². The number of carboxylic acid groups (broad SMARTS) is 1. The summed E-state index contributed by atoms with van der Waals surface area (Å²) in [6, 6.07) is 9.41. The number of hydrogen-bond donors (Lipinski definition) is 2. The molecule has 2 amide bonds. The minimum atomic E-state index is -0.835. The zero-order valence-electron chi connectivity index (χ0n) is 14.1. The number of carboxylic acids is 1. The van der Waals surface area contributed by atoms with Crippen molar-refractivity contribution in [2.75, 3.05) is 13.1 Å². The Kier molecular flexibility index (Phi) is 5.02. The summed E-state index contributed by atoms with van der Waals surface area (Å²) in [5, 5.41) is 16.2. The summed E-state index contributed by atoms with van der Waals surface area (Å²) in [5.41, 5.74) is 1.93. The number of amides is 2. The Bertz CT molecular complexity index is 727. The van der Waals surface area contributed by atoms with E-state index in [2.05, 4.69) is 10.4 Å². The second-order valence-electron chi connectivity index (χ2n) is 6.56. The van der Waals surface area contributed by atoms with Crippen molar-refractivity contribution in [3.63, 3.8) is 0 Å². The van der Waals surface area contributed by atoms with Crippen LogP contribution in [0, 0.1) is 11.8 Å². The third kappa shape index (κ3) is 4.17. The Balaban J connectivity index is 1.56. The highest BCUT2D eigenvalue weighted by atomic mass is 16.4. The first kappa shape index (κ1) is 17.0. The maximum atomic E-state index is 12.3. The standard InChI is InChI=1S/C18H22N4O3/c1-13-9-15(17(23)24)12-21(11-13)18(25)19-10-14-3-5-16(6-4-14)22-8-2-7-20-22/h2-8,13,15H,9-12H2,1H3,(H,19,25)(H,23,24). The second-order valence-corrected chi connectivity index (χ2v) is 6.56. The number of rotatable bonds is 4. The summed E-state index contributed by atoms with van der Waals surface area (Å²) >= 11 is 0. The molecule has 0 aliphatic carbocycles. The zero-order chi connectivity index (χ0) is 17.8. The molecule has 1 aromatic heterocycles. The van der Waals surface area contributed by atoms with Crippen molar-refractivity contribution in [2.24, 2.45) is 11.8 Å². The van der Waals surface area contributed by atoms with Gasteiger partial charge in [-0.3, -0.25) is 4.79 Å². The Morgan fingerprint density at radius 2 is 2.04 bits per heavy atom. The molecule has 1 fully saturated rings. The van der Waals surface area contributed by atoms with Gasteiger partial charge in [0.15, 0.2) is 0 Å². The van der Waals surface area contributed by atoms with Crippen molar-refractivity contribution in [1.29, 1.82) is 0 Å². The first-order valence-electron chi connectivity index (χ1n) is 8.37. The van der Waals surface area contributed by atoms with Crippen molar-refractivity contribution in [3.05, 3.63) is 48.3 Å². The summed E-state index contributed by atoms with van der Waals surface area (Å²) in [5.74, 6) is -1.13. The van der Waals surface area contributed by atoms with Gasteiger partial charge in [-0.2, -0.15) is 5.10 Å². The van der Waals surface area contributed by atoms with Crippen LogP contribution in [-0.4, -0.2) is 44.9 Å². The van der Waals surface area contributed by atoms with Gasteiger partial charge >= 0.3 is 12.0 Å². The van der Waals surface area contributed by atoms with Gasteiger partial charge in [0.1, 0.15) is 0 Å². The van der Waals surface area contributed by atoms with Gasteiger partial charge in [0, 0.05) is 32.0 Å². The van der Waals surface area contributed by atoms with Gasteiger partial charge in [-0.15, -0.1) is 0 Å². The third-order valence-corrected chi connectivity index (χ3v) is 4.45. The van der Waals surface area contributed by atoms with E-state index in [9.17, 15) is 14.7 Å². The van der Waals surface area contributed by atoms with Gasteiger partial charge in [-0.1, -0.05) is 19.1 Å². The molecule has 2 atom stereocenters. The van der Waals surface area contributed by atoms with Crippen LogP contribution < -0.4 is 5.32 Å². The highest BCUT2D eigenvalue weighted by Gasteiger charge is 2.31. The molecule has 132 valence electrons. The SMILES string of the molecule is CC1CC(C(=O)O)CN(C(=O)NCc2ccc(-n3cccn3)cc2)C1. The predicted molar refractivity (Wildman–Crippen MR) is 92.3 cm³/mol. The van der Waals surface area contributed by atoms with Crippen LogP contribution in [0.1, 0.15) is 18.9 Å². The van der Waals surface area contributed by atoms with Crippen LogP contribution in [0.2, 0.25) is 0 Å². The van der Waals surface area contributed by atoms with E-state index in [1.54, 1.807) is 15.8 Å². The van der Waals surface area contributed by atoms with Gasteiger partial charge in [0.05, 0.1) is 11.6 Å². The van der Waals surface area contributed by atoms with Crippen molar-refractivity contribution < 1.29 is 14.7 Å². The molecule has 3 rings (SSSR count). The summed E-state index contributed by atoms with van der Waals surface area (Å²) < 4.78 is 1.77. The number of benzene rings is 1. The topological polar surface area (TPSA) is 87.5 Å². The lowest BCUT2D eigenvalue weighted by Gasteiger charge is -2.34. The third-order valence-electron chi connectivity index (χ3n) is 4.45. The monoisotopic (exact) mass is 342 g/mol. The Hall–Kier alpha value is -2.83. The van der Waals surface area contributed by atoms with E-state index in [0.29, 0.717) is 19.5 Å². The molecule has 2 unspecified atom stereocenters. The quantitative estimate of drug-likeness (QED) is 0.891. The fourth-order valence-corrected chi connectivity index (χ4v) is 3.17. The minimum Gasteiger partial charge on any atom is -0.481 e. The fourth-order valence-electron chi connectivity index (χ4n) is 3.17. The Morgan fingerprint density at radius 1 is 1.28 bits per heavy atom. The van der Waals surface area contributed by atoms with E-state index in [0.717, 1.165) is 11.3 Å². The number of nitrogens with one attached hydrogen (secondary N) is 1. The molecule has 0 radical (unpaired) electrons. The summed E-state index contributed by atoms with van der Waals surface area (Å²) in [4.78, 5) is 25.2. The lowest BCUT2D eigenvalue weighted by Crippen LogP contribution is -2.49. The average molecular weight is 342 g/mol. The van der Waals surface area contributed by atoms with Crippen LogP contribution in [0.5, 0.6) is 0 Å². The Morgan fingerprint density at radius 3 is 2.68 bits per heavy atom. The van der Waals surface area contributed by atoms with E-state index >= 15 is 0 Å². The molecule has 2 N–H and O–H groups in total. The fraction of sp³-hybridized carbons (Fsp3) is 0.389. The summed E-state index contributed by atoms with van der Waals surface area (Å²) in [6.45, 7) is 3.24. The number of carbonyl (C=O) groups is 2. The van der Waals surface area contributed by atoms with E-state index in [1.165, 1.54) is 0 Å². The van der Waals surface area contributed by atoms with Crippen LogP contribution in [0.4, 0.5) is 4.79 Å². The molecule has 1 aliphatic rings. The number of nitrogens with zero attached hydrogens (tertiary/aromatic N) is 3. The smallest absolute Gasteiger partial charge is 0.317 e. The molecule has 1 aliphatic heterocycles. The zero-order valence-corrected chi connectivity index (χ0v) is 14.1. The number of aliphatic carboxylic acids is 1. The summed E-state index contributed by atoms with van der Waals surface area (Å²) in [7, 11) is 0. The van der Waals surface area contributed by atoms with Crippen molar-refractivity contribution >= 4 is 12.0 Å². The predicted octanol–water partition coefficient (Wildman–Crippen LogP) is 2.12. The highest BCUT2D eigenvalue weighted by Crippen LogP contribution is 2.21. The maximum absolute atomic E-state index is 12.3. The van der Waals surface area contributed by atoms with Crippen molar-refractivity contribution in [1.82, 2.24) is 20.0 Å². The molecular weight excluding hydrogens is 320 g/mol. The molecule has 0 spiro atoms. The van der Waals surface area contributed by atoms with Gasteiger partial charge in [0.2, 0.25) is 0 Å². The van der Waals surface area contributed by atoms with Gasteiger partial charge in [-0.25, -0.2) is 9.48 Å². The average Bonchev–Trinajstić information content (AvgIpc) is 3.14. The largest absolute Gasteiger partial charge is 0.481 e. The van der Waals surface area contributed by atoms with Crippen LogP contribution in [0.15, 0.2) is 42.7 Å². The van der Waals surface area contributed by atoms with Crippen molar-refractivity contribution in [3.8, 4) is 5.69 Å². The molecule has 2 heterocycles. The van der Waals surface area contributed by atoms with Gasteiger partial charge in [0.25, 0.3) is 0 Å². The van der Waals surface area contributed by atoms with E-state index in [4.69, 9.17) is 0 Å². The first-order valence-corrected chi connectivity index (χ1v) is 8.37. The Labute approximate surface area is 146 Å². The molecule has 7 nitrogen and oxygen atoms in total. The number of piperidine rings is 1. The molecule has 7 heteroatoms. The second kappa shape index (κ2) is 7.38. The van der Waals surface area contributed by atoms with Crippen LogP contribution in [-0.2, 0) is 11.3 Å². The lowest BCUT2D eigenvalue weighted by atomic mass is 9.91. The van der Waals surface area contributed by atoms with E-state index in [1.807, 2.05) is 43.5 Å². The molecule has 1 aromatic carbocycles. The molecule has 25 heavy (non-hydrogen) atoms. The molecule has 2 aromatic rings. The highest BCUT2D eigenvalue weighted by molar-refractivity contribution is 5.76. The lowest BCUT2D eigenvalue weighted by molar-refractivity contribution is -0.143. The number of carbonyl (C=O) groups excluding carboxylic acids is 1. The summed E-state index contributed by atoms with van der Waals surface area (Å²) in [6.07, 6.45) is 4.21. The van der Waals surface area contributed by atoms with Crippen molar-refractivity contribution in [2.45, 2.75) is 19.9 Å². The van der Waals surface area contributed by atoms with E-state index in [-0.39, 0.29) is 18.5 Å². The molecule has 0 saturated carbocycles.